The fraction of sp³-hybridized carbons (Fsp3) is 0.333. The van der Waals surface area contributed by atoms with Crippen molar-refractivity contribution in [2.24, 2.45) is 10.8 Å². The molecule has 9 heteroatoms. The molecule has 0 saturated heterocycles. The highest BCUT2D eigenvalue weighted by atomic mass is 16.4. The monoisotopic (exact) mass is 254 g/mol. The molecule has 0 spiro atoms. The number of nitrogens with zero attached hydrogens (tertiary/aromatic N) is 2. The summed E-state index contributed by atoms with van der Waals surface area (Å²) in [6.45, 7) is -0.197. The number of aromatic nitrogens is 2. The number of imidazole rings is 1. The number of carboxylic acids is 1. The lowest BCUT2D eigenvalue weighted by molar-refractivity contribution is -0.141. The number of carboxylic acid groups (broad SMARTS) is 1. The molecule has 9 nitrogen and oxygen atoms in total. The summed E-state index contributed by atoms with van der Waals surface area (Å²) in [5, 5.41) is 11.3. The number of rotatable bonds is 7. The minimum absolute atomic E-state index is 0.125. The van der Waals surface area contributed by atoms with Crippen molar-refractivity contribution in [1.29, 1.82) is 0 Å². The van der Waals surface area contributed by atoms with Gasteiger partial charge in [0.25, 0.3) is 0 Å². The summed E-state index contributed by atoms with van der Waals surface area (Å²) in [7, 11) is 0. The molecule has 0 aliphatic heterocycles. The fourth-order valence-electron chi connectivity index (χ4n) is 1.24. The number of hydrogen-bond acceptors (Lipinski definition) is 5. The Morgan fingerprint density at radius 1 is 1.67 bits per heavy atom. The third kappa shape index (κ3) is 4.61. The van der Waals surface area contributed by atoms with Gasteiger partial charge in [-0.05, 0) is 0 Å². The quantitative estimate of drug-likeness (QED) is 0.165. The molecule has 0 radical (unpaired) electrons. The first kappa shape index (κ1) is 13.6. The minimum Gasteiger partial charge on any atom is -0.480 e. The normalized spacial score (nSPS) is 12.3. The van der Waals surface area contributed by atoms with Crippen molar-refractivity contribution in [3.63, 3.8) is 0 Å². The Labute approximate surface area is 102 Å². The Hall–Kier alpha value is -2.42. The molecule has 1 amide bonds. The van der Waals surface area contributed by atoms with Crippen LogP contribution in [0.1, 0.15) is 5.69 Å². The average Bonchev–Trinajstić information content (AvgIpc) is 2.81. The number of carbonyl (C=O) groups excluding carboxylic acids is 1. The van der Waals surface area contributed by atoms with E-state index in [4.69, 9.17) is 10.9 Å². The molecule has 0 aliphatic carbocycles. The Balaban J connectivity index is 2.50. The molecular formula is C9H14N6O3. The van der Waals surface area contributed by atoms with E-state index in [-0.39, 0.29) is 13.0 Å². The maximum atomic E-state index is 11.4. The van der Waals surface area contributed by atoms with Gasteiger partial charge >= 0.3 is 5.97 Å². The van der Waals surface area contributed by atoms with E-state index in [0.717, 1.165) is 6.34 Å². The number of aliphatic imine (C=N–C) groups is 1. The van der Waals surface area contributed by atoms with E-state index in [9.17, 15) is 9.59 Å². The van der Waals surface area contributed by atoms with Crippen molar-refractivity contribution >= 4 is 18.2 Å². The van der Waals surface area contributed by atoms with Gasteiger partial charge in [-0.2, -0.15) is 0 Å². The van der Waals surface area contributed by atoms with Crippen LogP contribution < -0.4 is 16.6 Å². The first-order valence-corrected chi connectivity index (χ1v) is 5.07. The van der Waals surface area contributed by atoms with Gasteiger partial charge in [0.05, 0.1) is 12.7 Å². The summed E-state index contributed by atoms with van der Waals surface area (Å²) in [6, 6.07) is -1.03. The van der Waals surface area contributed by atoms with Crippen molar-refractivity contribution in [2.45, 2.75) is 12.5 Å². The van der Waals surface area contributed by atoms with Crippen LogP contribution in [0.3, 0.4) is 0 Å². The van der Waals surface area contributed by atoms with Gasteiger partial charge in [-0.1, -0.05) is 0 Å². The number of amides is 1. The zero-order valence-corrected chi connectivity index (χ0v) is 9.46. The first-order valence-electron chi connectivity index (χ1n) is 5.07. The third-order valence-electron chi connectivity index (χ3n) is 2.01. The fourth-order valence-corrected chi connectivity index (χ4v) is 1.24. The second-order valence-electron chi connectivity index (χ2n) is 3.38. The number of aliphatic carboxylic acids is 1. The molecular weight excluding hydrogens is 240 g/mol. The molecule has 0 aromatic carbocycles. The van der Waals surface area contributed by atoms with Crippen molar-refractivity contribution in [3.05, 3.63) is 18.2 Å². The van der Waals surface area contributed by atoms with Crippen molar-refractivity contribution in [3.8, 4) is 0 Å². The number of carbonyl (C=O) groups is 2. The number of hydrogen-bond donors (Lipinski definition) is 5. The Morgan fingerprint density at radius 2 is 2.44 bits per heavy atom. The number of nitrogens with one attached hydrogen (secondary N) is 3. The lowest BCUT2D eigenvalue weighted by Crippen LogP contribution is -2.43. The number of hydrazine groups is 1. The van der Waals surface area contributed by atoms with Crippen LogP contribution in [0.25, 0.3) is 0 Å². The van der Waals surface area contributed by atoms with Crippen LogP contribution >= 0.6 is 0 Å². The van der Waals surface area contributed by atoms with Gasteiger partial charge in [0.1, 0.15) is 12.6 Å². The van der Waals surface area contributed by atoms with Crippen molar-refractivity contribution < 1.29 is 14.7 Å². The van der Waals surface area contributed by atoms with E-state index >= 15 is 0 Å². The smallest absolute Gasteiger partial charge is 0.326 e. The molecule has 0 bridgehead atoms. The predicted molar refractivity (Wildman–Crippen MR) is 62.5 cm³/mol. The molecule has 0 unspecified atom stereocenters. The topological polar surface area (TPSA) is 145 Å². The summed E-state index contributed by atoms with van der Waals surface area (Å²) in [4.78, 5) is 32.5. The van der Waals surface area contributed by atoms with Crippen molar-refractivity contribution in [2.75, 3.05) is 6.54 Å². The van der Waals surface area contributed by atoms with Crippen LogP contribution in [0, 0.1) is 0 Å². The molecule has 1 aromatic heterocycles. The maximum Gasteiger partial charge on any atom is 0.326 e. The van der Waals surface area contributed by atoms with Crippen LogP contribution in [0.2, 0.25) is 0 Å². The van der Waals surface area contributed by atoms with Gasteiger partial charge in [-0.15, -0.1) is 0 Å². The van der Waals surface area contributed by atoms with Crippen LogP contribution in [0.15, 0.2) is 17.5 Å². The Bertz CT molecular complexity index is 416. The van der Waals surface area contributed by atoms with E-state index in [1.165, 1.54) is 12.5 Å². The molecule has 1 aromatic rings. The standard InChI is InChI=1S/C9H14N6O3/c10-14-5-12-3-8(16)15-7(9(17)18)1-6-2-11-4-13-6/h2,4-5,7H,1,3,10H2,(H,11,13)(H,12,14)(H,15,16)(H,17,18)/t7-/m0/s1. The first-order chi connectivity index (χ1) is 8.63. The third-order valence-corrected chi connectivity index (χ3v) is 2.01. The van der Waals surface area contributed by atoms with Crippen molar-refractivity contribution in [1.82, 2.24) is 20.7 Å². The highest BCUT2D eigenvalue weighted by Crippen LogP contribution is 1.98. The van der Waals surface area contributed by atoms with Gasteiger partial charge in [0.2, 0.25) is 5.91 Å². The number of H-pyrrole nitrogens is 1. The van der Waals surface area contributed by atoms with Gasteiger partial charge < -0.3 is 20.8 Å². The van der Waals surface area contributed by atoms with Gasteiger partial charge in [-0.3, -0.25) is 9.79 Å². The zero-order valence-electron chi connectivity index (χ0n) is 9.46. The van der Waals surface area contributed by atoms with Crippen LogP contribution in [0.4, 0.5) is 0 Å². The lowest BCUT2D eigenvalue weighted by atomic mass is 10.1. The van der Waals surface area contributed by atoms with E-state index in [1.54, 1.807) is 0 Å². The van der Waals surface area contributed by atoms with Crippen LogP contribution in [0.5, 0.6) is 0 Å². The number of aromatic amines is 1. The highest BCUT2D eigenvalue weighted by molar-refractivity contribution is 5.85. The molecule has 18 heavy (non-hydrogen) atoms. The molecule has 98 valence electrons. The van der Waals surface area contributed by atoms with Gasteiger partial charge in [0, 0.05) is 18.3 Å². The summed E-state index contributed by atoms with van der Waals surface area (Å²) in [5.74, 6) is 3.29. The van der Waals surface area contributed by atoms with E-state index in [1.807, 2.05) is 0 Å². The second-order valence-corrected chi connectivity index (χ2v) is 3.38. The molecule has 1 heterocycles. The highest BCUT2D eigenvalue weighted by Gasteiger charge is 2.20. The summed E-state index contributed by atoms with van der Waals surface area (Å²) in [5.41, 5.74) is 2.75. The number of nitrogens with two attached hydrogens (primary N) is 1. The van der Waals surface area contributed by atoms with E-state index in [0.29, 0.717) is 5.69 Å². The summed E-state index contributed by atoms with van der Waals surface area (Å²) < 4.78 is 0. The summed E-state index contributed by atoms with van der Waals surface area (Å²) in [6.07, 6.45) is 4.20. The lowest BCUT2D eigenvalue weighted by Gasteiger charge is -2.12. The Morgan fingerprint density at radius 3 is 3.00 bits per heavy atom. The molecule has 0 fully saturated rings. The Kier molecular flexibility index (Phi) is 5.32. The second kappa shape index (κ2) is 7.01. The van der Waals surface area contributed by atoms with E-state index < -0.39 is 17.9 Å². The van der Waals surface area contributed by atoms with Gasteiger partial charge in [-0.25, -0.2) is 15.6 Å². The largest absolute Gasteiger partial charge is 0.480 e. The molecule has 1 rings (SSSR count). The van der Waals surface area contributed by atoms with E-state index in [2.05, 4.69) is 25.7 Å². The van der Waals surface area contributed by atoms with Crippen LogP contribution in [-0.2, 0) is 16.0 Å². The average molecular weight is 254 g/mol. The molecule has 6 N–H and O–H groups in total. The van der Waals surface area contributed by atoms with Gasteiger partial charge in [0.15, 0.2) is 0 Å². The van der Waals surface area contributed by atoms with Crippen LogP contribution in [-0.4, -0.2) is 45.9 Å². The minimum atomic E-state index is -1.13. The molecule has 1 atom stereocenters. The maximum absolute atomic E-state index is 11.4. The zero-order chi connectivity index (χ0) is 13.4. The predicted octanol–water partition coefficient (Wildman–Crippen LogP) is -1.99. The molecule has 0 aliphatic rings. The molecule has 0 saturated carbocycles. The summed E-state index contributed by atoms with van der Waals surface area (Å²) >= 11 is 0. The SMILES string of the molecule is NNC=NCC(=O)N[C@@H](Cc1cnc[nH]1)C(=O)O.